The molecule has 3 heterocycles. The molecule has 4 rings (SSSR count). The number of hydrogen-bond acceptors (Lipinski definition) is 4. The number of aromatic nitrogens is 1. The van der Waals surface area contributed by atoms with Crippen LogP contribution in [0.5, 0.6) is 5.88 Å². The minimum Gasteiger partial charge on any atom is -0.478 e. The second kappa shape index (κ2) is 6.85. The van der Waals surface area contributed by atoms with E-state index in [1.165, 1.54) is 19.3 Å². The van der Waals surface area contributed by atoms with Crippen LogP contribution in [0, 0.1) is 0 Å². The molecule has 0 radical (unpaired) electrons. The highest BCUT2D eigenvalue weighted by Crippen LogP contribution is 2.35. The zero-order valence-corrected chi connectivity index (χ0v) is 14.0. The number of likely N-dealkylation sites (tertiary alicyclic amines) is 1. The monoisotopic (exact) mass is 328 g/mol. The van der Waals surface area contributed by atoms with E-state index in [0.29, 0.717) is 24.7 Å². The van der Waals surface area contributed by atoms with Gasteiger partial charge in [0.2, 0.25) is 5.88 Å². The molecule has 2 aliphatic heterocycles. The topological polar surface area (TPSA) is 43.7 Å². The lowest BCUT2D eigenvalue weighted by Crippen LogP contribution is -2.33. The number of rotatable bonds is 4. The summed E-state index contributed by atoms with van der Waals surface area (Å²) in [4.78, 5) is 15.1. The van der Waals surface area contributed by atoms with E-state index in [-0.39, 0.29) is 5.97 Å². The molecule has 2 aromatic rings. The van der Waals surface area contributed by atoms with Crippen molar-refractivity contribution in [3.05, 3.63) is 29.8 Å². The average Bonchev–Trinajstić information content (AvgIpc) is 2.97. The van der Waals surface area contributed by atoms with Crippen molar-refractivity contribution in [1.29, 1.82) is 0 Å². The summed E-state index contributed by atoms with van der Waals surface area (Å²) in [6.45, 7) is 5.04. The van der Waals surface area contributed by atoms with Crippen LogP contribution in [0.3, 0.4) is 0 Å². The van der Waals surface area contributed by atoms with E-state index < -0.39 is 0 Å². The summed E-state index contributed by atoms with van der Waals surface area (Å²) in [7, 11) is 0. The third-order valence-corrected chi connectivity index (χ3v) is 4.98. The highest BCUT2D eigenvalue weighted by molar-refractivity contribution is 6.07. The van der Waals surface area contributed by atoms with Gasteiger partial charge < -0.3 is 14.0 Å². The molecule has 0 aliphatic carbocycles. The third-order valence-electron chi connectivity index (χ3n) is 4.98. The van der Waals surface area contributed by atoms with Crippen molar-refractivity contribution in [2.24, 2.45) is 0 Å². The molecule has 1 aromatic heterocycles. The van der Waals surface area contributed by atoms with Crippen molar-refractivity contribution in [2.45, 2.75) is 32.2 Å². The maximum absolute atomic E-state index is 12.7. The smallest absolute Gasteiger partial charge is 0.344 e. The molecule has 0 saturated carbocycles. The van der Waals surface area contributed by atoms with Crippen molar-refractivity contribution < 1.29 is 14.3 Å². The Bertz CT molecular complexity index is 732. The van der Waals surface area contributed by atoms with Gasteiger partial charge in [0.05, 0.1) is 12.1 Å². The summed E-state index contributed by atoms with van der Waals surface area (Å²) in [5.41, 5.74) is 1.64. The quantitative estimate of drug-likeness (QED) is 0.809. The maximum atomic E-state index is 12.7. The Morgan fingerprint density at radius 2 is 1.92 bits per heavy atom. The van der Waals surface area contributed by atoms with Gasteiger partial charge in [-0.3, -0.25) is 4.90 Å². The number of esters is 1. The normalized spacial score (nSPS) is 18.2. The van der Waals surface area contributed by atoms with Crippen molar-refractivity contribution in [2.75, 3.05) is 32.8 Å². The first-order valence-corrected chi connectivity index (χ1v) is 8.98. The standard InChI is InChI=1S/C19H24N2O3/c22-19(24-14-12-20-9-4-1-5-10-20)17-15-7-2-3-8-16(15)21-11-6-13-23-18(17)21/h2-3,7-8H,1,4-6,9-14H2. The molecule has 1 saturated heterocycles. The van der Waals surface area contributed by atoms with Crippen LogP contribution in [0.15, 0.2) is 24.3 Å². The molecule has 128 valence electrons. The summed E-state index contributed by atoms with van der Waals surface area (Å²) >= 11 is 0. The maximum Gasteiger partial charge on any atom is 0.344 e. The van der Waals surface area contributed by atoms with Gasteiger partial charge >= 0.3 is 5.97 Å². The SMILES string of the molecule is O=C(OCCN1CCCCC1)c1c2n(c3ccccc13)CCCO2. The Morgan fingerprint density at radius 1 is 1.08 bits per heavy atom. The van der Waals surface area contributed by atoms with Crippen molar-refractivity contribution in [3.8, 4) is 5.88 Å². The summed E-state index contributed by atoms with van der Waals surface area (Å²) < 4.78 is 13.5. The fraction of sp³-hybridized carbons (Fsp3) is 0.526. The van der Waals surface area contributed by atoms with E-state index in [0.717, 1.165) is 43.5 Å². The van der Waals surface area contributed by atoms with Gasteiger partial charge in [0.1, 0.15) is 12.2 Å². The number of carbonyl (C=O) groups is 1. The molecule has 0 bridgehead atoms. The van der Waals surface area contributed by atoms with Gasteiger partial charge in [0.25, 0.3) is 0 Å². The van der Waals surface area contributed by atoms with Gasteiger partial charge in [-0.05, 0) is 38.4 Å². The number of ether oxygens (including phenoxy) is 2. The summed E-state index contributed by atoms with van der Waals surface area (Å²) in [6, 6.07) is 7.97. The second-order valence-electron chi connectivity index (χ2n) is 6.59. The summed E-state index contributed by atoms with van der Waals surface area (Å²) in [5.74, 6) is 0.407. The first-order chi connectivity index (χ1) is 11.8. The van der Waals surface area contributed by atoms with Gasteiger partial charge in [0, 0.05) is 18.5 Å². The first-order valence-electron chi connectivity index (χ1n) is 8.98. The zero-order valence-electron chi connectivity index (χ0n) is 14.0. The molecular weight excluding hydrogens is 304 g/mol. The Balaban J connectivity index is 1.51. The number of carbonyl (C=O) groups excluding carboxylic acids is 1. The molecule has 0 amide bonds. The van der Waals surface area contributed by atoms with Gasteiger partial charge in [-0.15, -0.1) is 0 Å². The fourth-order valence-electron chi connectivity index (χ4n) is 3.76. The van der Waals surface area contributed by atoms with Crippen molar-refractivity contribution >= 4 is 16.9 Å². The second-order valence-corrected chi connectivity index (χ2v) is 6.59. The van der Waals surface area contributed by atoms with Crippen LogP contribution in [-0.2, 0) is 11.3 Å². The largest absolute Gasteiger partial charge is 0.478 e. The molecule has 24 heavy (non-hydrogen) atoms. The van der Waals surface area contributed by atoms with Crippen LogP contribution < -0.4 is 4.74 Å². The average molecular weight is 328 g/mol. The van der Waals surface area contributed by atoms with Crippen LogP contribution in [0.1, 0.15) is 36.0 Å². The lowest BCUT2D eigenvalue weighted by atomic mass is 10.1. The van der Waals surface area contributed by atoms with Crippen molar-refractivity contribution in [1.82, 2.24) is 9.47 Å². The predicted octanol–water partition coefficient (Wildman–Crippen LogP) is 3.07. The predicted molar refractivity (Wildman–Crippen MR) is 92.6 cm³/mol. The summed E-state index contributed by atoms with van der Waals surface area (Å²) in [5, 5.41) is 0.928. The molecule has 1 fully saturated rings. The third kappa shape index (κ3) is 2.88. The molecular formula is C19H24N2O3. The number of para-hydroxylation sites is 1. The highest BCUT2D eigenvalue weighted by atomic mass is 16.5. The van der Waals surface area contributed by atoms with Gasteiger partial charge in [0.15, 0.2) is 0 Å². The Kier molecular flexibility index (Phi) is 4.43. The highest BCUT2D eigenvalue weighted by Gasteiger charge is 2.27. The van der Waals surface area contributed by atoms with E-state index in [1.807, 2.05) is 24.3 Å². The van der Waals surface area contributed by atoms with Crippen LogP contribution in [0.2, 0.25) is 0 Å². The van der Waals surface area contributed by atoms with Crippen LogP contribution >= 0.6 is 0 Å². The molecule has 5 heteroatoms. The lowest BCUT2D eigenvalue weighted by Gasteiger charge is -2.26. The first kappa shape index (κ1) is 15.5. The molecule has 5 nitrogen and oxygen atoms in total. The van der Waals surface area contributed by atoms with Crippen LogP contribution in [0.25, 0.3) is 10.9 Å². The Labute approximate surface area is 142 Å². The van der Waals surface area contributed by atoms with Gasteiger partial charge in [-0.2, -0.15) is 0 Å². The molecule has 0 atom stereocenters. The lowest BCUT2D eigenvalue weighted by molar-refractivity contribution is 0.0447. The van der Waals surface area contributed by atoms with E-state index >= 15 is 0 Å². The number of piperidine rings is 1. The molecule has 2 aliphatic rings. The molecule has 0 spiro atoms. The molecule has 0 unspecified atom stereocenters. The minimum atomic E-state index is -0.265. The van der Waals surface area contributed by atoms with Crippen LogP contribution in [0.4, 0.5) is 0 Å². The van der Waals surface area contributed by atoms with Crippen molar-refractivity contribution in [3.63, 3.8) is 0 Å². The van der Waals surface area contributed by atoms with Gasteiger partial charge in [-0.25, -0.2) is 4.79 Å². The minimum absolute atomic E-state index is 0.265. The zero-order chi connectivity index (χ0) is 16.4. The Hall–Kier alpha value is -2.01. The number of aryl methyl sites for hydroxylation is 1. The molecule has 1 aromatic carbocycles. The number of fused-ring (bicyclic) bond motifs is 3. The molecule has 0 N–H and O–H groups in total. The number of hydrogen-bond donors (Lipinski definition) is 0. The van der Waals surface area contributed by atoms with Gasteiger partial charge in [-0.1, -0.05) is 24.6 Å². The van der Waals surface area contributed by atoms with E-state index in [4.69, 9.17) is 9.47 Å². The van der Waals surface area contributed by atoms with Crippen LogP contribution in [-0.4, -0.2) is 48.3 Å². The van der Waals surface area contributed by atoms with E-state index in [1.54, 1.807) is 0 Å². The van der Waals surface area contributed by atoms with E-state index in [9.17, 15) is 4.79 Å². The summed E-state index contributed by atoms with van der Waals surface area (Å²) in [6.07, 6.45) is 4.78. The fourth-order valence-corrected chi connectivity index (χ4v) is 3.76. The Morgan fingerprint density at radius 3 is 2.79 bits per heavy atom. The number of benzene rings is 1. The number of nitrogens with zero attached hydrogens (tertiary/aromatic N) is 2. The van der Waals surface area contributed by atoms with E-state index in [2.05, 4.69) is 9.47 Å².